The predicted molar refractivity (Wildman–Crippen MR) is 31.5 cm³/mol. The predicted octanol–water partition coefficient (Wildman–Crippen LogP) is 0.371. The van der Waals surface area contributed by atoms with Gasteiger partial charge in [0, 0.05) is 12.3 Å². The van der Waals surface area contributed by atoms with Crippen molar-refractivity contribution < 1.29 is 13.5 Å². The average molecular weight is 162 g/mol. The molecule has 0 saturated carbocycles. The highest BCUT2D eigenvalue weighted by Gasteiger charge is 2.04. The molecule has 0 amide bonds. The minimum Gasteiger partial charge on any atom is -0.402 e. The van der Waals surface area contributed by atoms with E-state index in [9.17, 15) is 13.6 Å². The van der Waals surface area contributed by atoms with Crippen LogP contribution in [-0.2, 0) is 0 Å². The normalized spacial score (nSPS) is 10.1. The first-order valence-electron chi connectivity index (χ1n) is 2.68. The molecular formula is C5H4F2N2O2. The summed E-state index contributed by atoms with van der Waals surface area (Å²) in [5.74, 6) is 0. The van der Waals surface area contributed by atoms with E-state index in [0.29, 0.717) is 0 Å². The number of alkyl halides is 2. The van der Waals surface area contributed by atoms with Gasteiger partial charge < -0.3 is 4.74 Å². The van der Waals surface area contributed by atoms with Crippen molar-refractivity contribution in [1.29, 1.82) is 0 Å². The Morgan fingerprint density at radius 1 is 1.64 bits per heavy atom. The molecule has 6 heteroatoms. The molecule has 1 heterocycles. The Morgan fingerprint density at radius 2 is 2.36 bits per heavy atom. The molecular weight excluding hydrogens is 158 g/mol. The molecule has 0 spiro atoms. The van der Waals surface area contributed by atoms with Crippen LogP contribution >= 0.6 is 0 Å². The van der Waals surface area contributed by atoms with Gasteiger partial charge in [0.2, 0.25) is 0 Å². The second-order valence-electron chi connectivity index (χ2n) is 1.62. The molecule has 0 aliphatic heterocycles. The van der Waals surface area contributed by atoms with Gasteiger partial charge in [0.1, 0.15) is 0 Å². The summed E-state index contributed by atoms with van der Waals surface area (Å²) >= 11 is 0. The van der Waals surface area contributed by atoms with Gasteiger partial charge in [0.25, 0.3) is 5.56 Å². The quantitative estimate of drug-likeness (QED) is 0.683. The third kappa shape index (κ3) is 2.32. The van der Waals surface area contributed by atoms with Crippen LogP contribution in [0.2, 0.25) is 0 Å². The van der Waals surface area contributed by atoms with Crippen molar-refractivity contribution >= 4 is 0 Å². The van der Waals surface area contributed by atoms with Crippen molar-refractivity contribution in [1.82, 2.24) is 9.97 Å². The number of ether oxygens (including phenoxy) is 1. The van der Waals surface area contributed by atoms with Gasteiger partial charge in [-0.2, -0.15) is 8.78 Å². The molecule has 0 fully saturated rings. The zero-order chi connectivity index (χ0) is 8.27. The molecule has 0 saturated heterocycles. The van der Waals surface area contributed by atoms with Gasteiger partial charge in [-0.25, -0.2) is 4.98 Å². The van der Waals surface area contributed by atoms with Crippen LogP contribution < -0.4 is 10.3 Å². The molecule has 0 bridgehead atoms. The van der Waals surface area contributed by atoms with Crippen molar-refractivity contribution in [2.45, 2.75) is 6.61 Å². The summed E-state index contributed by atoms with van der Waals surface area (Å²) in [4.78, 5) is 15.7. The van der Waals surface area contributed by atoms with Gasteiger partial charge >= 0.3 is 12.6 Å². The maximum absolute atomic E-state index is 11.5. The Balaban J connectivity index is 2.80. The number of hydrogen-bond donors (Lipinski definition) is 1. The summed E-state index contributed by atoms with van der Waals surface area (Å²) < 4.78 is 26.7. The highest BCUT2D eigenvalue weighted by Crippen LogP contribution is 2.01. The van der Waals surface area contributed by atoms with Gasteiger partial charge in [0.05, 0.1) is 0 Å². The van der Waals surface area contributed by atoms with E-state index in [2.05, 4.69) is 9.72 Å². The number of nitrogens with zero attached hydrogens (tertiary/aromatic N) is 1. The minimum absolute atomic E-state index is 0.479. The minimum atomic E-state index is -2.97. The molecule has 60 valence electrons. The molecule has 11 heavy (non-hydrogen) atoms. The maximum atomic E-state index is 11.5. The van der Waals surface area contributed by atoms with Crippen LogP contribution in [0.4, 0.5) is 8.78 Å². The van der Waals surface area contributed by atoms with Crippen molar-refractivity contribution in [2.75, 3.05) is 0 Å². The molecule has 0 aliphatic carbocycles. The van der Waals surface area contributed by atoms with E-state index >= 15 is 0 Å². The van der Waals surface area contributed by atoms with E-state index in [1.807, 2.05) is 4.98 Å². The second kappa shape index (κ2) is 3.09. The average Bonchev–Trinajstić information content (AvgIpc) is 1.85. The summed E-state index contributed by atoms with van der Waals surface area (Å²) in [6.45, 7) is -2.97. The highest BCUT2D eigenvalue weighted by molar-refractivity contribution is 4.93. The first-order chi connectivity index (χ1) is 5.18. The van der Waals surface area contributed by atoms with Crippen LogP contribution in [0.1, 0.15) is 0 Å². The van der Waals surface area contributed by atoms with E-state index in [0.717, 1.165) is 12.3 Å². The van der Waals surface area contributed by atoms with Crippen molar-refractivity contribution in [3.63, 3.8) is 0 Å². The summed E-state index contributed by atoms with van der Waals surface area (Å²) in [6.07, 6.45) is 1.08. The molecule has 1 rings (SSSR count). The summed E-state index contributed by atoms with van der Waals surface area (Å²) in [6, 6.07) is 0.616. The van der Waals surface area contributed by atoms with Gasteiger partial charge in [-0.15, -0.1) is 0 Å². The Bertz CT molecular complexity index is 286. The smallest absolute Gasteiger partial charge is 0.389 e. The molecule has 0 aliphatic rings. The fourth-order valence-electron chi connectivity index (χ4n) is 0.496. The van der Waals surface area contributed by atoms with Crippen LogP contribution in [0.15, 0.2) is 17.1 Å². The Labute approximate surface area is 59.8 Å². The SMILES string of the molecule is O=c1ccnc(OC(F)F)[nH]1. The van der Waals surface area contributed by atoms with E-state index in [1.165, 1.54) is 0 Å². The van der Waals surface area contributed by atoms with E-state index in [4.69, 9.17) is 0 Å². The van der Waals surface area contributed by atoms with Crippen molar-refractivity contribution in [2.24, 2.45) is 0 Å². The summed E-state index contributed by atoms with van der Waals surface area (Å²) in [7, 11) is 0. The standard InChI is InChI=1S/C5H4F2N2O2/c6-4(7)11-5-8-2-1-3(10)9-5/h1-2,4H,(H,8,9,10). The topological polar surface area (TPSA) is 55.0 Å². The molecule has 1 aromatic heterocycles. The summed E-state index contributed by atoms with van der Waals surface area (Å²) in [5, 5.41) is 0. The largest absolute Gasteiger partial charge is 0.402 e. The van der Waals surface area contributed by atoms with Gasteiger partial charge in [-0.1, -0.05) is 0 Å². The van der Waals surface area contributed by atoms with E-state index < -0.39 is 18.2 Å². The zero-order valence-electron chi connectivity index (χ0n) is 5.25. The van der Waals surface area contributed by atoms with Crippen LogP contribution in [0, 0.1) is 0 Å². The monoisotopic (exact) mass is 162 g/mol. The molecule has 1 N–H and O–H groups in total. The fourth-order valence-corrected chi connectivity index (χ4v) is 0.496. The van der Waals surface area contributed by atoms with Crippen LogP contribution in [0.25, 0.3) is 0 Å². The van der Waals surface area contributed by atoms with Crippen molar-refractivity contribution in [3.05, 3.63) is 22.6 Å². The number of H-pyrrole nitrogens is 1. The number of aromatic amines is 1. The van der Waals surface area contributed by atoms with E-state index in [-0.39, 0.29) is 0 Å². The Hall–Kier alpha value is -1.46. The Morgan fingerprint density at radius 3 is 2.91 bits per heavy atom. The highest BCUT2D eigenvalue weighted by atomic mass is 19.3. The number of halogens is 2. The van der Waals surface area contributed by atoms with Gasteiger partial charge in [0.15, 0.2) is 0 Å². The lowest BCUT2D eigenvalue weighted by Crippen LogP contribution is -2.11. The van der Waals surface area contributed by atoms with Crippen LogP contribution in [-0.4, -0.2) is 16.6 Å². The van der Waals surface area contributed by atoms with E-state index in [1.54, 1.807) is 0 Å². The lowest BCUT2D eigenvalue weighted by molar-refractivity contribution is -0.0562. The molecule has 0 aromatic carbocycles. The maximum Gasteiger partial charge on any atom is 0.389 e. The third-order valence-corrected chi connectivity index (χ3v) is 0.849. The number of rotatable bonds is 2. The number of nitrogens with one attached hydrogen (secondary N) is 1. The van der Waals surface area contributed by atoms with Gasteiger partial charge in [-0.05, 0) is 0 Å². The fraction of sp³-hybridized carbons (Fsp3) is 0.200. The zero-order valence-corrected chi connectivity index (χ0v) is 5.25. The first kappa shape index (κ1) is 7.64. The number of hydrogen-bond acceptors (Lipinski definition) is 3. The first-order valence-corrected chi connectivity index (χ1v) is 2.68. The van der Waals surface area contributed by atoms with Gasteiger partial charge in [-0.3, -0.25) is 9.78 Å². The number of aromatic nitrogens is 2. The molecule has 0 atom stereocenters. The second-order valence-corrected chi connectivity index (χ2v) is 1.62. The Kier molecular flexibility index (Phi) is 2.15. The lowest BCUT2D eigenvalue weighted by Gasteiger charge is -1.99. The molecule has 1 aromatic rings. The summed E-state index contributed by atoms with van der Waals surface area (Å²) in [5.41, 5.74) is -0.532. The molecule has 0 radical (unpaired) electrons. The lowest BCUT2D eigenvalue weighted by atomic mass is 10.7. The molecule has 0 unspecified atom stereocenters. The molecule has 4 nitrogen and oxygen atoms in total. The van der Waals surface area contributed by atoms with Crippen molar-refractivity contribution in [3.8, 4) is 6.01 Å². The van der Waals surface area contributed by atoms with Crippen LogP contribution in [0.5, 0.6) is 6.01 Å². The van der Waals surface area contributed by atoms with Crippen LogP contribution in [0.3, 0.4) is 0 Å². The third-order valence-electron chi connectivity index (χ3n) is 0.849.